The maximum absolute atomic E-state index is 13.3. The zero-order chi connectivity index (χ0) is 23.6. The minimum Gasteiger partial charge on any atom is -0.393 e. The Balaban J connectivity index is 1.54. The van der Waals surface area contributed by atoms with E-state index in [1.807, 2.05) is 6.92 Å². The van der Waals surface area contributed by atoms with E-state index in [1.54, 1.807) is 0 Å². The highest BCUT2D eigenvalue weighted by atomic mass is 16.3. The fourth-order valence-electron chi connectivity index (χ4n) is 9.18. The summed E-state index contributed by atoms with van der Waals surface area (Å²) in [6.07, 6.45) is 6.05. The van der Waals surface area contributed by atoms with E-state index in [1.165, 1.54) is 0 Å². The Kier molecular flexibility index (Phi) is 6.66. The van der Waals surface area contributed by atoms with E-state index in [0.29, 0.717) is 48.2 Å². The van der Waals surface area contributed by atoms with Crippen LogP contribution in [0.5, 0.6) is 0 Å². The third kappa shape index (κ3) is 3.71. The van der Waals surface area contributed by atoms with Crippen LogP contribution >= 0.6 is 0 Å². The predicted octanol–water partition coefficient (Wildman–Crippen LogP) is 4.84. The molecule has 4 fully saturated rings. The second kappa shape index (κ2) is 8.64. The van der Waals surface area contributed by atoms with E-state index < -0.39 is 12.2 Å². The van der Waals surface area contributed by atoms with Gasteiger partial charge in [-0.2, -0.15) is 0 Å². The van der Waals surface area contributed by atoms with Crippen LogP contribution < -0.4 is 0 Å². The molecule has 4 heteroatoms. The van der Waals surface area contributed by atoms with Gasteiger partial charge in [-0.05, 0) is 97.2 Å². The maximum Gasteiger partial charge on any atom is 0.136 e. The van der Waals surface area contributed by atoms with Crippen molar-refractivity contribution in [2.45, 2.75) is 111 Å². The van der Waals surface area contributed by atoms with Crippen LogP contribution in [-0.2, 0) is 4.79 Å². The lowest BCUT2D eigenvalue weighted by Gasteiger charge is -2.60. The zero-order valence-corrected chi connectivity index (χ0v) is 21.3. The quantitative estimate of drug-likeness (QED) is 0.563. The van der Waals surface area contributed by atoms with E-state index >= 15 is 0 Å². The number of hydrogen-bond acceptors (Lipinski definition) is 4. The van der Waals surface area contributed by atoms with Crippen LogP contribution in [0.2, 0.25) is 0 Å². The lowest BCUT2D eigenvalue weighted by Crippen LogP contribution is -2.57. The van der Waals surface area contributed by atoms with E-state index in [9.17, 15) is 20.1 Å². The van der Waals surface area contributed by atoms with Gasteiger partial charge in [-0.25, -0.2) is 0 Å². The number of aliphatic hydroxyl groups is 3. The molecule has 4 aliphatic rings. The van der Waals surface area contributed by atoms with Crippen molar-refractivity contribution in [1.82, 2.24) is 0 Å². The molecule has 3 N–H and O–H groups in total. The molecule has 7 unspecified atom stereocenters. The summed E-state index contributed by atoms with van der Waals surface area (Å²) < 4.78 is 0. The molecular weight excluding hydrogens is 400 g/mol. The molecule has 4 saturated carbocycles. The van der Waals surface area contributed by atoms with Crippen molar-refractivity contribution < 1.29 is 20.1 Å². The van der Waals surface area contributed by atoms with Crippen molar-refractivity contribution in [2.75, 3.05) is 0 Å². The van der Waals surface area contributed by atoms with Crippen molar-refractivity contribution in [3.8, 4) is 0 Å². The fourth-order valence-corrected chi connectivity index (χ4v) is 9.18. The second-order valence-electron chi connectivity index (χ2n) is 13.2. The highest BCUT2D eigenvalue weighted by molar-refractivity contribution is 5.83. The third-order valence-corrected chi connectivity index (χ3v) is 11.6. The summed E-state index contributed by atoms with van der Waals surface area (Å²) in [7, 11) is 0. The van der Waals surface area contributed by atoms with Crippen LogP contribution in [0.3, 0.4) is 0 Å². The Labute approximate surface area is 195 Å². The molecule has 0 heterocycles. The summed E-state index contributed by atoms with van der Waals surface area (Å²) in [5, 5.41) is 32.2. The molecule has 32 heavy (non-hydrogen) atoms. The predicted molar refractivity (Wildman–Crippen MR) is 127 cm³/mol. The van der Waals surface area contributed by atoms with Gasteiger partial charge in [0.25, 0.3) is 0 Å². The summed E-state index contributed by atoms with van der Waals surface area (Å²) in [6.45, 7) is 13.2. The molecule has 0 radical (unpaired) electrons. The average molecular weight is 449 g/mol. The number of fused-ring (bicyclic) bond motifs is 5. The van der Waals surface area contributed by atoms with Gasteiger partial charge < -0.3 is 15.3 Å². The Morgan fingerprint density at radius 3 is 2.16 bits per heavy atom. The highest BCUT2D eigenvalue weighted by Gasteiger charge is 2.63. The van der Waals surface area contributed by atoms with Crippen LogP contribution in [0.4, 0.5) is 0 Å². The van der Waals surface area contributed by atoms with Gasteiger partial charge in [0, 0.05) is 12.3 Å². The minimum atomic E-state index is -0.694. The van der Waals surface area contributed by atoms with Crippen molar-refractivity contribution >= 4 is 5.78 Å². The topological polar surface area (TPSA) is 77.8 Å². The number of carbonyl (C=O) groups is 1. The number of hydrogen-bond donors (Lipinski definition) is 3. The van der Waals surface area contributed by atoms with E-state index in [4.69, 9.17) is 0 Å². The van der Waals surface area contributed by atoms with E-state index in [2.05, 4.69) is 34.6 Å². The van der Waals surface area contributed by atoms with Crippen LogP contribution in [0.25, 0.3) is 0 Å². The van der Waals surface area contributed by atoms with Gasteiger partial charge in [0.1, 0.15) is 5.78 Å². The van der Waals surface area contributed by atoms with Gasteiger partial charge in [0.2, 0.25) is 0 Å². The minimum absolute atomic E-state index is 0.0440. The number of Topliss-reactive ketones (excluding diaryl/α,β-unsaturated/α-hetero) is 1. The molecule has 12 atom stereocenters. The number of rotatable bonds is 5. The zero-order valence-electron chi connectivity index (χ0n) is 21.3. The summed E-state index contributed by atoms with van der Waals surface area (Å²) in [4.78, 5) is 13.3. The fraction of sp³-hybridized carbons (Fsp3) is 0.964. The highest BCUT2D eigenvalue weighted by Crippen LogP contribution is 2.67. The Morgan fingerprint density at radius 1 is 0.875 bits per heavy atom. The van der Waals surface area contributed by atoms with Crippen LogP contribution in [0, 0.1) is 58.2 Å². The first-order valence-electron chi connectivity index (χ1n) is 13.5. The molecule has 0 saturated heterocycles. The van der Waals surface area contributed by atoms with Crippen LogP contribution in [0.1, 0.15) is 92.9 Å². The van der Waals surface area contributed by atoms with Gasteiger partial charge in [0.15, 0.2) is 0 Å². The monoisotopic (exact) mass is 448 g/mol. The molecule has 0 aromatic heterocycles. The smallest absolute Gasteiger partial charge is 0.136 e. The SMILES string of the molecule is CC(C)C(C)[C@@H](O)[C@H](O)[C@@H](C)C1CCC2C3CC(=O)C4CC(O)CC[C@]4(C)C3CC[C@@]21C. The van der Waals surface area contributed by atoms with Gasteiger partial charge >= 0.3 is 0 Å². The molecule has 0 bridgehead atoms. The second-order valence-corrected chi connectivity index (χ2v) is 13.2. The first-order chi connectivity index (χ1) is 14.9. The molecule has 0 spiro atoms. The normalized spacial score (nSPS) is 47.9. The lowest BCUT2D eigenvalue weighted by molar-refractivity contribution is -0.161. The van der Waals surface area contributed by atoms with Gasteiger partial charge in [-0.15, -0.1) is 0 Å². The van der Waals surface area contributed by atoms with E-state index in [0.717, 1.165) is 38.5 Å². The van der Waals surface area contributed by atoms with Crippen molar-refractivity contribution in [1.29, 1.82) is 0 Å². The average Bonchev–Trinajstić information content (AvgIpc) is 3.10. The largest absolute Gasteiger partial charge is 0.393 e. The molecule has 184 valence electrons. The van der Waals surface area contributed by atoms with E-state index in [-0.39, 0.29) is 34.7 Å². The molecule has 4 nitrogen and oxygen atoms in total. The maximum atomic E-state index is 13.3. The molecule has 0 aromatic rings. The summed E-state index contributed by atoms with van der Waals surface area (Å²) >= 11 is 0. The standard InChI is InChI=1S/C28H48O4/c1-15(2)16(3)25(31)26(32)17(4)20-7-8-21-19-14-24(30)23-13-18(29)9-11-28(23,6)22(19)10-12-27(20,21)5/h15-23,25-26,29,31-32H,7-14H2,1-6H3/t16?,17-,18?,19?,20?,21?,22?,23?,25+,26+,27+,28+/m0/s1. The number of aliphatic hydroxyl groups excluding tert-OH is 3. The first kappa shape index (κ1) is 24.7. The Hall–Kier alpha value is -0.450. The van der Waals surface area contributed by atoms with Crippen molar-refractivity contribution in [3.63, 3.8) is 0 Å². The Bertz CT molecular complexity index is 706. The van der Waals surface area contributed by atoms with Gasteiger partial charge in [0.05, 0.1) is 18.3 Å². The number of carbonyl (C=O) groups excluding carboxylic acids is 1. The molecule has 0 amide bonds. The molecule has 4 rings (SSSR count). The van der Waals surface area contributed by atoms with Gasteiger partial charge in [-0.3, -0.25) is 4.79 Å². The number of ketones is 1. The summed E-state index contributed by atoms with van der Waals surface area (Å²) in [5.41, 5.74) is 0.187. The molecule has 0 aliphatic heterocycles. The van der Waals surface area contributed by atoms with Crippen LogP contribution in [-0.4, -0.2) is 39.4 Å². The van der Waals surface area contributed by atoms with Crippen LogP contribution in [0.15, 0.2) is 0 Å². The van der Waals surface area contributed by atoms with Crippen molar-refractivity contribution in [2.24, 2.45) is 58.2 Å². The van der Waals surface area contributed by atoms with Gasteiger partial charge in [-0.1, -0.05) is 41.5 Å². The van der Waals surface area contributed by atoms with Crippen molar-refractivity contribution in [3.05, 3.63) is 0 Å². The third-order valence-electron chi connectivity index (χ3n) is 11.6. The lowest BCUT2D eigenvalue weighted by atomic mass is 9.44. The Morgan fingerprint density at radius 2 is 1.50 bits per heavy atom. The summed E-state index contributed by atoms with van der Waals surface area (Å²) in [6, 6.07) is 0. The summed E-state index contributed by atoms with van der Waals surface area (Å²) in [5.74, 6) is 2.88. The molecular formula is C28H48O4. The molecule has 0 aromatic carbocycles. The molecule has 4 aliphatic carbocycles. The first-order valence-corrected chi connectivity index (χ1v) is 13.5.